The zero-order chi connectivity index (χ0) is 26.0. The average molecular weight is 516 g/mol. The van der Waals surface area contributed by atoms with Gasteiger partial charge < -0.3 is 19.5 Å². The van der Waals surface area contributed by atoms with Crippen LogP contribution < -0.4 is 9.47 Å². The Morgan fingerprint density at radius 2 is 1.86 bits per heavy atom. The fourth-order valence-corrected chi connectivity index (χ4v) is 4.65. The van der Waals surface area contributed by atoms with Crippen LogP contribution in [0.25, 0.3) is 0 Å². The van der Waals surface area contributed by atoms with Gasteiger partial charge in [-0.2, -0.15) is 0 Å². The van der Waals surface area contributed by atoms with Gasteiger partial charge in [-0.05, 0) is 42.8 Å². The van der Waals surface area contributed by atoms with Crippen LogP contribution in [0.5, 0.6) is 11.5 Å². The van der Waals surface area contributed by atoms with Gasteiger partial charge in [0, 0.05) is 34.6 Å². The first-order valence-electron chi connectivity index (χ1n) is 11.2. The van der Waals surface area contributed by atoms with Gasteiger partial charge in [0.15, 0.2) is 11.5 Å². The molecule has 0 radical (unpaired) electrons. The highest BCUT2D eigenvalue weighted by Crippen LogP contribution is 2.44. The first kappa shape index (κ1) is 25.4. The Bertz CT molecular complexity index is 1310. The summed E-state index contributed by atoms with van der Waals surface area (Å²) >= 11 is 6.11. The lowest BCUT2D eigenvalue weighted by molar-refractivity contribution is -0.137. The van der Waals surface area contributed by atoms with Crippen molar-refractivity contribution in [3.63, 3.8) is 0 Å². The van der Waals surface area contributed by atoms with E-state index in [4.69, 9.17) is 21.1 Å². The molecule has 9 heteroatoms. The summed E-state index contributed by atoms with van der Waals surface area (Å²) in [7, 11) is 1.42. The molecule has 188 valence electrons. The lowest BCUT2D eigenvalue weighted by Gasteiger charge is -2.24. The molecule has 0 aromatic heterocycles. The predicted molar refractivity (Wildman–Crippen MR) is 130 cm³/mol. The number of methoxy groups -OCH3 is 1. The van der Waals surface area contributed by atoms with Crippen molar-refractivity contribution in [2.45, 2.75) is 31.9 Å². The molecule has 3 aromatic rings. The lowest BCUT2D eigenvalue weighted by Crippen LogP contribution is -2.35. The SMILES string of the molecule is COc1cc(C(=O)N(CC(=O)O)Cc2c(F)cccc2Cl)cc2c1O[C@@](C)(Cc1ccccc1F)C2. The summed E-state index contributed by atoms with van der Waals surface area (Å²) < 4.78 is 40.3. The molecule has 1 N–H and O–H groups in total. The van der Waals surface area contributed by atoms with E-state index in [1.807, 2.05) is 6.92 Å². The third kappa shape index (κ3) is 5.28. The van der Waals surface area contributed by atoms with Crippen molar-refractivity contribution >= 4 is 23.5 Å². The number of carbonyl (C=O) groups excluding carboxylic acids is 1. The number of fused-ring (bicyclic) bond motifs is 1. The molecule has 0 aliphatic carbocycles. The van der Waals surface area contributed by atoms with Crippen LogP contribution >= 0.6 is 11.6 Å². The number of nitrogens with zero attached hydrogens (tertiary/aromatic N) is 1. The van der Waals surface area contributed by atoms with Crippen molar-refractivity contribution in [3.05, 3.63) is 93.5 Å². The van der Waals surface area contributed by atoms with E-state index in [-0.39, 0.29) is 40.7 Å². The van der Waals surface area contributed by atoms with Crippen molar-refractivity contribution in [1.29, 1.82) is 0 Å². The number of carboxylic acid groups (broad SMARTS) is 1. The second-order valence-corrected chi connectivity index (χ2v) is 9.33. The first-order chi connectivity index (χ1) is 17.1. The van der Waals surface area contributed by atoms with E-state index in [9.17, 15) is 23.5 Å². The van der Waals surface area contributed by atoms with Crippen molar-refractivity contribution in [2.24, 2.45) is 0 Å². The molecule has 1 aliphatic heterocycles. The Morgan fingerprint density at radius 1 is 1.14 bits per heavy atom. The predicted octanol–water partition coefficient (Wildman–Crippen LogP) is 5.29. The minimum atomic E-state index is -1.26. The number of hydrogen-bond acceptors (Lipinski definition) is 4. The Hall–Kier alpha value is -3.65. The van der Waals surface area contributed by atoms with Gasteiger partial charge in [-0.15, -0.1) is 0 Å². The molecule has 4 rings (SSSR count). The second kappa shape index (κ2) is 10.1. The minimum Gasteiger partial charge on any atom is -0.493 e. The van der Waals surface area contributed by atoms with E-state index in [1.165, 1.54) is 37.4 Å². The topological polar surface area (TPSA) is 76.1 Å². The van der Waals surface area contributed by atoms with E-state index < -0.39 is 29.8 Å². The van der Waals surface area contributed by atoms with E-state index in [2.05, 4.69) is 0 Å². The lowest BCUT2D eigenvalue weighted by atomic mass is 9.91. The van der Waals surface area contributed by atoms with Crippen molar-refractivity contribution in [3.8, 4) is 11.5 Å². The van der Waals surface area contributed by atoms with Gasteiger partial charge in [0.25, 0.3) is 5.91 Å². The number of hydrogen-bond donors (Lipinski definition) is 1. The van der Waals surface area contributed by atoms with Gasteiger partial charge in [-0.1, -0.05) is 35.9 Å². The number of ether oxygens (including phenoxy) is 2. The Balaban J connectivity index is 1.65. The summed E-state index contributed by atoms with van der Waals surface area (Å²) in [5.74, 6) is -2.15. The molecule has 0 saturated heterocycles. The quantitative estimate of drug-likeness (QED) is 0.441. The molecule has 36 heavy (non-hydrogen) atoms. The van der Waals surface area contributed by atoms with Crippen LogP contribution in [0.1, 0.15) is 34.0 Å². The molecular formula is C27H24ClF2NO5. The summed E-state index contributed by atoms with van der Waals surface area (Å²) in [4.78, 5) is 25.9. The molecule has 0 bridgehead atoms. The monoisotopic (exact) mass is 515 g/mol. The molecule has 1 amide bonds. The molecule has 1 atom stereocenters. The number of amides is 1. The van der Waals surface area contributed by atoms with Crippen molar-refractivity contribution < 1.29 is 33.0 Å². The maximum absolute atomic E-state index is 14.4. The summed E-state index contributed by atoms with van der Waals surface area (Å²) in [6, 6.07) is 13.6. The van der Waals surface area contributed by atoms with Gasteiger partial charge in [-0.25, -0.2) is 8.78 Å². The first-order valence-corrected chi connectivity index (χ1v) is 11.6. The largest absolute Gasteiger partial charge is 0.493 e. The van der Waals surface area contributed by atoms with Gasteiger partial charge >= 0.3 is 5.97 Å². The smallest absolute Gasteiger partial charge is 0.323 e. The molecule has 0 unspecified atom stereocenters. The third-order valence-corrected chi connectivity index (χ3v) is 6.41. The molecule has 1 aliphatic rings. The minimum absolute atomic E-state index is 0.0164. The molecular weight excluding hydrogens is 492 g/mol. The number of aliphatic carboxylic acids is 1. The van der Waals surface area contributed by atoms with Crippen LogP contribution in [0.4, 0.5) is 8.78 Å². The Morgan fingerprint density at radius 3 is 2.53 bits per heavy atom. The molecule has 3 aromatic carbocycles. The zero-order valence-corrected chi connectivity index (χ0v) is 20.4. The van der Waals surface area contributed by atoms with Crippen molar-refractivity contribution in [1.82, 2.24) is 4.90 Å². The highest BCUT2D eigenvalue weighted by Gasteiger charge is 2.38. The van der Waals surface area contributed by atoms with Gasteiger partial charge in [0.2, 0.25) is 0 Å². The second-order valence-electron chi connectivity index (χ2n) is 8.92. The van der Waals surface area contributed by atoms with Crippen LogP contribution in [0.3, 0.4) is 0 Å². The van der Waals surface area contributed by atoms with Gasteiger partial charge in [0.05, 0.1) is 13.7 Å². The van der Waals surface area contributed by atoms with Crippen LogP contribution in [-0.4, -0.2) is 41.1 Å². The normalized spacial score (nSPS) is 16.2. The number of benzene rings is 3. The summed E-state index contributed by atoms with van der Waals surface area (Å²) in [5, 5.41) is 9.47. The van der Waals surface area contributed by atoms with Crippen molar-refractivity contribution in [2.75, 3.05) is 13.7 Å². The maximum Gasteiger partial charge on any atom is 0.323 e. The van der Waals surface area contributed by atoms with Crippen LogP contribution in [0.2, 0.25) is 5.02 Å². The van der Waals surface area contributed by atoms with E-state index >= 15 is 0 Å². The average Bonchev–Trinajstić information content (AvgIpc) is 3.16. The molecule has 0 spiro atoms. The van der Waals surface area contributed by atoms with E-state index in [0.717, 1.165) is 4.90 Å². The van der Waals surface area contributed by atoms with Gasteiger partial charge in [0.1, 0.15) is 23.8 Å². The fraction of sp³-hybridized carbons (Fsp3) is 0.259. The number of carbonyl (C=O) groups is 2. The number of rotatable bonds is 8. The Kier molecular flexibility index (Phi) is 7.17. The summed E-state index contributed by atoms with van der Waals surface area (Å²) in [6.45, 7) is 0.846. The van der Waals surface area contributed by atoms with Gasteiger partial charge in [-0.3, -0.25) is 9.59 Å². The third-order valence-electron chi connectivity index (χ3n) is 6.06. The zero-order valence-electron chi connectivity index (χ0n) is 19.7. The van der Waals surface area contributed by atoms with E-state index in [1.54, 1.807) is 24.3 Å². The highest BCUT2D eigenvalue weighted by atomic mass is 35.5. The number of carboxylic acids is 1. The fourth-order valence-electron chi connectivity index (χ4n) is 4.43. The number of halogens is 3. The van der Waals surface area contributed by atoms with Crippen LogP contribution in [-0.2, 0) is 24.2 Å². The van der Waals surface area contributed by atoms with Crippen LogP contribution in [0, 0.1) is 11.6 Å². The molecule has 6 nitrogen and oxygen atoms in total. The standard InChI is InChI=1S/C27H24ClF2NO5/c1-27(12-16-6-3-4-8-21(16)29)13-18-10-17(11-23(35-2)25(18)36-27)26(34)31(15-24(32)33)14-19-20(28)7-5-9-22(19)30/h3-11H,12-15H2,1-2H3,(H,32,33)/t27-/m0/s1. The maximum atomic E-state index is 14.4. The molecule has 1 heterocycles. The molecule has 0 saturated carbocycles. The van der Waals surface area contributed by atoms with E-state index in [0.29, 0.717) is 23.3 Å². The highest BCUT2D eigenvalue weighted by molar-refractivity contribution is 6.31. The Labute approximate surface area is 212 Å². The molecule has 0 fully saturated rings. The summed E-state index contributed by atoms with van der Waals surface area (Å²) in [5.41, 5.74) is 0.537. The van der Waals surface area contributed by atoms with Crippen LogP contribution in [0.15, 0.2) is 54.6 Å². The summed E-state index contributed by atoms with van der Waals surface area (Å²) in [6.07, 6.45) is 0.657.